The highest BCUT2D eigenvalue weighted by Gasteiger charge is 2.12. The molecule has 10 heavy (non-hydrogen) atoms. The van der Waals surface area contributed by atoms with Crippen LogP contribution in [-0.2, 0) is 0 Å². The Kier molecular flexibility index (Phi) is 4.00. The summed E-state index contributed by atoms with van der Waals surface area (Å²) in [4.78, 5) is 1.16. The van der Waals surface area contributed by atoms with Crippen LogP contribution >= 0.6 is 31.9 Å². The third kappa shape index (κ3) is 2.75. The van der Waals surface area contributed by atoms with E-state index in [2.05, 4.69) is 44.0 Å². The van der Waals surface area contributed by atoms with Gasteiger partial charge in [-0.05, 0) is 19.3 Å². The van der Waals surface area contributed by atoms with Crippen LogP contribution in [0.4, 0.5) is 0 Å². The molecule has 0 saturated heterocycles. The standard InChI is InChI=1S/C8H12Br2/c9-7-5-3-1-2-4-6-8(7)10/h3,5,7-8H,1-2,4,6H2/b5-3-/t7-,8-/m1/s1. The fourth-order valence-electron chi connectivity index (χ4n) is 1.11. The van der Waals surface area contributed by atoms with Gasteiger partial charge < -0.3 is 0 Å². The summed E-state index contributed by atoms with van der Waals surface area (Å²) in [7, 11) is 0. The first-order valence-corrected chi connectivity index (χ1v) is 5.58. The molecule has 0 N–H and O–H groups in total. The SMILES string of the molecule is Br[C@@H]1/C=C\CCCC[C@H]1Br. The van der Waals surface area contributed by atoms with Crippen molar-refractivity contribution in [2.24, 2.45) is 0 Å². The van der Waals surface area contributed by atoms with Gasteiger partial charge in [-0.2, -0.15) is 0 Å². The third-order valence-corrected chi connectivity index (χ3v) is 4.45. The van der Waals surface area contributed by atoms with E-state index in [-0.39, 0.29) is 0 Å². The largest absolute Gasteiger partial charge is 0.0875 e. The normalized spacial score (nSPS) is 38.2. The molecule has 58 valence electrons. The lowest BCUT2D eigenvalue weighted by Crippen LogP contribution is -2.12. The van der Waals surface area contributed by atoms with Gasteiger partial charge in [0.25, 0.3) is 0 Å². The van der Waals surface area contributed by atoms with Crippen LogP contribution < -0.4 is 0 Å². The molecule has 0 saturated carbocycles. The third-order valence-electron chi connectivity index (χ3n) is 1.77. The second-order valence-electron chi connectivity index (χ2n) is 2.67. The molecule has 0 spiro atoms. The molecule has 1 aliphatic carbocycles. The van der Waals surface area contributed by atoms with E-state index in [1.807, 2.05) is 0 Å². The lowest BCUT2D eigenvalue weighted by molar-refractivity contribution is 0.662. The maximum Gasteiger partial charge on any atom is 0.0450 e. The van der Waals surface area contributed by atoms with Crippen LogP contribution in [0.25, 0.3) is 0 Å². The van der Waals surface area contributed by atoms with Crippen LogP contribution in [0.3, 0.4) is 0 Å². The Bertz CT molecular complexity index is 120. The Labute approximate surface area is 79.3 Å². The smallest absolute Gasteiger partial charge is 0.0450 e. The Hall–Kier alpha value is 0.700. The minimum absolute atomic E-state index is 0.535. The van der Waals surface area contributed by atoms with E-state index in [1.54, 1.807) is 0 Å². The van der Waals surface area contributed by atoms with Crippen molar-refractivity contribution in [1.82, 2.24) is 0 Å². The van der Waals surface area contributed by atoms with Crippen molar-refractivity contribution in [2.75, 3.05) is 0 Å². The molecule has 2 heteroatoms. The van der Waals surface area contributed by atoms with E-state index in [1.165, 1.54) is 25.7 Å². The molecule has 0 amide bonds. The van der Waals surface area contributed by atoms with Crippen LogP contribution in [0.2, 0.25) is 0 Å². The van der Waals surface area contributed by atoms with Crippen molar-refractivity contribution in [3.05, 3.63) is 12.2 Å². The average molecular weight is 268 g/mol. The van der Waals surface area contributed by atoms with E-state index in [4.69, 9.17) is 0 Å². The number of alkyl halides is 2. The van der Waals surface area contributed by atoms with E-state index >= 15 is 0 Å². The first-order chi connectivity index (χ1) is 4.80. The van der Waals surface area contributed by atoms with Crippen molar-refractivity contribution in [3.63, 3.8) is 0 Å². The zero-order chi connectivity index (χ0) is 7.40. The summed E-state index contributed by atoms with van der Waals surface area (Å²) in [5.74, 6) is 0. The predicted molar refractivity (Wildman–Crippen MR) is 53.0 cm³/mol. The molecule has 0 aromatic rings. The van der Waals surface area contributed by atoms with Gasteiger partial charge in [0.15, 0.2) is 0 Å². The van der Waals surface area contributed by atoms with Crippen molar-refractivity contribution >= 4 is 31.9 Å². The number of halogens is 2. The van der Waals surface area contributed by atoms with Crippen LogP contribution in [0, 0.1) is 0 Å². The molecule has 1 rings (SSSR count). The van der Waals surface area contributed by atoms with Gasteiger partial charge in [-0.1, -0.05) is 50.4 Å². The Balaban J connectivity index is 2.44. The Morgan fingerprint density at radius 1 is 1.20 bits per heavy atom. The minimum atomic E-state index is 0.535. The Morgan fingerprint density at radius 3 is 2.80 bits per heavy atom. The summed E-state index contributed by atoms with van der Waals surface area (Å²) < 4.78 is 0. The maximum atomic E-state index is 3.64. The monoisotopic (exact) mass is 266 g/mol. The van der Waals surface area contributed by atoms with Crippen molar-refractivity contribution in [1.29, 1.82) is 0 Å². The number of allylic oxidation sites excluding steroid dienone is 2. The average Bonchev–Trinajstić information content (AvgIpc) is 1.92. The zero-order valence-corrected chi connectivity index (χ0v) is 9.07. The second kappa shape index (κ2) is 4.55. The molecule has 0 radical (unpaired) electrons. The van der Waals surface area contributed by atoms with Crippen LogP contribution in [-0.4, -0.2) is 9.65 Å². The first kappa shape index (κ1) is 8.79. The van der Waals surface area contributed by atoms with Crippen molar-refractivity contribution in [3.8, 4) is 0 Å². The first-order valence-electron chi connectivity index (χ1n) is 3.75. The minimum Gasteiger partial charge on any atom is -0.0875 e. The number of hydrogen-bond acceptors (Lipinski definition) is 0. The van der Waals surface area contributed by atoms with Crippen LogP contribution in [0.15, 0.2) is 12.2 Å². The van der Waals surface area contributed by atoms with Crippen molar-refractivity contribution in [2.45, 2.75) is 35.3 Å². The van der Waals surface area contributed by atoms with Crippen LogP contribution in [0.1, 0.15) is 25.7 Å². The molecular formula is C8H12Br2. The fraction of sp³-hybridized carbons (Fsp3) is 0.750. The molecule has 0 heterocycles. The number of hydrogen-bond donors (Lipinski definition) is 0. The molecule has 0 aromatic carbocycles. The molecule has 0 unspecified atom stereocenters. The van der Waals surface area contributed by atoms with E-state index in [0.717, 1.165) is 0 Å². The summed E-state index contributed by atoms with van der Waals surface area (Å²) in [5.41, 5.74) is 0. The molecule has 0 aliphatic heterocycles. The van der Waals surface area contributed by atoms with Crippen molar-refractivity contribution < 1.29 is 0 Å². The highest BCUT2D eigenvalue weighted by Crippen LogP contribution is 2.23. The van der Waals surface area contributed by atoms with Gasteiger partial charge in [-0.25, -0.2) is 0 Å². The summed E-state index contributed by atoms with van der Waals surface area (Å²) >= 11 is 7.24. The fourth-order valence-corrected chi connectivity index (χ4v) is 2.09. The maximum absolute atomic E-state index is 3.64. The van der Waals surface area contributed by atoms with Gasteiger partial charge in [-0.15, -0.1) is 0 Å². The van der Waals surface area contributed by atoms with E-state index < -0.39 is 0 Å². The second-order valence-corrected chi connectivity index (χ2v) is 4.91. The highest BCUT2D eigenvalue weighted by atomic mass is 79.9. The molecule has 0 bridgehead atoms. The molecular weight excluding hydrogens is 256 g/mol. The van der Waals surface area contributed by atoms with E-state index in [0.29, 0.717) is 9.65 Å². The van der Waals surface area contributed by atoms with E-state index in [9.17, 15) is 0 Å². The number of rotatable bonds is 0. The lowest BCUT2D eigenvalue weighted by Gasteiger charge is -2.14. The Morgan fingerprint density at radius 2 is 2.00 bits per heavy atom. The molecule has 2 atom stereocenters. The molecule has 1 aliphatic rings. The van der Waals surface area contributed by atoms with Gasteiger partial charge in [0.2, 0.25) is 0 Å². The summed E-state index contributed by atoms with van der Waals surface area (Å²) in [6.45, 7) is 0. The summed E-state index contributed by atoms with van der Waals surface area (Å²) in [6, 6.07) is 0. The molecule has 0 aromatic heterocycles. The zero-order valence-electron chi connectivity index (χ0n) is 5.89. The van der Waals surface area contributed by atoms with Gasteiger partial charge >= 0.3 is 0 Å². The van der Waals surface area contributed by atoms with Gasteiger partial charge in [-0.3, -0.25) is 0 Å². The van der Waals surface area contributed by atoms with Crippen LogP contribution in [0.5, 0.6) is 0 Å². The summed E-state index contributed by atoms with van der Waals surface area (Å²) in [5, 5.41) is 0. The molecule has 0 nitrogen and oxygen atoms in total. The highest BCUT2D eigenvalue weighted by molar-refractivity contribution is 9.12. The quantitative estimate of drug-likeness (QED) is 0.464. The van der Waals surface area contributed by atoms with Gasteiger partial charge in [0.05, 0.1) is 0 Å². The van der Waals surface area contributed by atoms with Gasteiger partial charge in [0, 0.05) is 9.65 Å². The molecule has 0 fully saturated rings. The topological polar surface area (TPSA) is 0 Å². The van der Waals surface area contributed by atoms with Gasteiger partial charge in [0.1, 0.15) is 0 Å². The summed E-state index contributed by atoms with van der Waals surface area (Å²) in [6.07, 6.45) is 9.76. The predicted octanol–water partition coefficient (Wildman–Crippen LogP) is 3.64. The lowest BCUT2D eigenvalue weighted by atomic mass is 10.1.